The number of hydrogen-bond donors (Lipinski definition) is 0. The number of aromatic nitrogens is 2. The Kier molecular flexibility index (Phi) is 3.08. The molecule has 0 aromatic carbocycles. The molecule has 5 heteroatoms. The summed E-state index contributed by atoms with van der Waals surface area (Å²) in [5.41, 5.74) is 0.788. The van der Waals surface area contributed by atoms with Crippen LogP contribution in [0.3, 0.4) is 0 Å². The maximum absolute atomic E-state index is 5.99. The van der Waals surface area contributed by atoms with Crippen molar-refractivity contribution in [2.24, 2.45) is 0 Å². The molecule has 0 saturated carbocycles. The monoisotopic (exact) mass is 231 g/mol. The first-order chi connectivity index (χ1) is 6.79. The van der Waals surface area contributed by atoms with E-state index in [9.17, 15) is 0 Å². The largest absolute Gasteiger partial charge is 0.367 e. The Labute approximate surface area is 93.1 Å². The lowest BCUT2D eigenvalue weighted by molar-refractivity contribution is 0.577. The summed E-state index contributed by atoms with van der Waals surface area (Å²) >= 11 is 12.0. The van der Waals surface area contributed by atoms with E-state index in [4.69, 9.17) is 23.2 Å². The predicted molar refractivity (Wildman–Crippen MR) is 58.1 cm³/mol. The van der Waals surface area contributed by atoms with E-state index in [-0.39, 0.29) is 0 Å². The van der Waals surface area contributed by atoms with Crippen molar-refractivity contribution in [1.82, 2.24) is 9.97 Å². The van der Waals surface area contributed by atoms with Crippen LogP contribution in [0.25, 0.3) is 0 Å². The van der Waals surface area contributed by atoms with Gasteiger partial charge in [-0.1, -0.05) is 23.2 Å². The van der Waals surface area contributed by atoms with Gasteiger partial charge in [-0.15, -0.1) is 0 Å². The Hall–Kier alpha value is -0.540. The van der Waals surface area contributed by atoms with Crippen LogP contribution in [0.15, 0.2) is 6.33 Å². The molecule has 0 radical (unpaired) electrons. The number of hydrogen-bond acceptors (Lipinski definition) is 3. The average molecular weight is 232 g/mol. The molecule has 14 heavy (non-hydrogen) atoms. The van der Waals surface area contributed by atoms with E-state index < -0.39 is 0 Å². The standard InChI is InChI=1S/C9H11Cl2N3/c10-8-7(9(11)13-6-12-8)14-4-2-1-3-5-14/h6H,1-5H2. The van der Waals surface area contributed by atoms with E-state index >= 15 is 0 Å². The number of piperidine rings is 1. The molecule has 1 aromatic rings. The molecular weight excluding hydrogens is 221 g/mol. The lowest BCUT2D eigenvalue weighted by Crippen LogP contribution is -2.30. The van der Waals surface area contributed by atoms with E-state index in [1.165, 1.54) is 25.6 Å². The zero-order valence-electron chi connectivity index (χ0n) is 7.71. The molecule has 0 aliphatic carbocycles. The second-order valence-electron chi connectivity index (χ2n) is 3.35. The van der Waals surface area contributed by atoms with E-state index in [0.29, 0.717) is 10.3 Å². The highest BCUT2D eigenvalue weighted by Crippen LogP contribution is 2.31. The second kappa shape index (κ2) is 4.32. The molecule has 1 aliphatic heterocycles. The molecule has 2 rings (SSSR count). The Morgan fingerprint density at radius 1 is 1.00 bits per heavy atom. The van der Waals surface area contributed by atoms with Crippen LogP contribution in [-0.4, -0.2) is 23.1 Å². The van der Waals surface area contributed by atoms with Crippen LogP contribution in [-0.2, 0) is 0 Å². The first-order valence-electron chi connectivity index (χ1n) is 4.70. The lowest BCUT2D eigenvalue weighted by atomic mass is 10.1. The van der Waals surface area contributed by atoms with Gasteiger partial charge in [-0.3, -0.25) is 0 Å². The summed E-state index contributed by atoms with van der Waals surface area (Å²) < 4.78 is 0. The molecule has 0 spiro atoms. The minimum atomic E-state index is 0.451. The molecular formula is C9H11Cl2N3. The fraction of sp³-hybridized carbons (Fsp3) is 0.556. The minimum Gasteiger partial charge on any atom is -0.367 e. The zero-order chi connectivity index (χ0) is 9.97. The highest BCUT2D eigenvalue weighted by atomic mass is 35.5. The van der Waals surface area contributed by atoms with Gasteiger partial charge in [0.15, 0.2) is 10.3 Å². The first-order valence-corrected chi connectivity index (χ1v) is 5.45. The van der Waals surface area contributed by atoms with Gasteiger partial charge in [-0.25, -0.2) is 9.97 Å². The molecule has 0 N–H and O–H groups in total. The van der Waals surface area contributed by atoms with Gasteiger partial charge in [0.05, 0.1) is 0 Å². The van der Waals surface area contributed by atoms with Crippen molar-refractivity contribution in [2.75, 3.05) is 18.0 Å². The van der Waals surface area contributed by atoms with E-state index in [2.05, 4.69) is 14.9 Å². The maximum atomic E-state index is 5.99. The highest BCUT2D eigenvalue weighted by Gasteiger charge is 2.18. The number of anilines is 1. The third-order valence-electron chi connectivity index (χ3n) is 2.41. The quantitative estimate of drug-likeness (QED) is 0.697. The van der Waals surface area contributed by atoms with Gasteiger partial charge >= 0.3 is 0 Å². The van der Waals surface area contributed by atoms with Crippen LogP contribution in [0.4, 0.5) is 5.69 Å². The van der Waals surface area contributed by atoms with Crippen molar-refractivity contribution >= 4 is 28.9 Å². The number of nitrogens with zero attached hydrogens (tertiary/aromatic N) is 3. The summed E-state index contributed by atoms with van der Waals surface area (Å²) in [7, 11) is 0. The molecule has 2 heterocycles. The van der Waals surface area contributed by atoms with Crippen LogP contribution in [0, 0.1) is 0 Å². The third-order valence-corrected chi connectivity index (χ3v) is 2.96. The van der Waals surface area contributed by atoms with Crippen molar-refractivity contribution in [3.63, 3.8) is 0 Å². The van der Waals surface area contributed by atoms with Crippen LogP contribution < -0.4 is 4.90 Å². The lowest BCUT2D eigenvalue weighted by Gasteiger charge is -2.29. The van der Waals surface area contributed by atoms with Gasteiger partial charge < -0.3 is 4.90 Å². The summed E-state index contributed by atoms with van der Waals surface area (Å²) in [6.07, 6.45) is 5.03. The fourth-order valence-electron chi connectivity index (χ4n) is 1.72. The Morgan fingerprint density at radius 2 is 1.57 bits per heavy atom. The molecule has 1 aliphatic rings. The van der Waals surface area contributed by atoms with Gasteiger partial charge in [-0.05, 0) is 19.3 Å². The maximum Gasteiger partial charge on any atom is 0.157 e. The SMILES string of the molecule is Clc1ncnc(Cl)c1N1CCCCC1. The summed E-state index contributed by atoms with van der Waals surface area (Å²) in [6.45, 7) is 1.99. The van der Waals surface area contributed by atoms with E-state index in [1.807, 2.05) is 0 Å². The van der Waals surface area contributed by atoms with E-state index in [0.717, 1.165) is 18.8 Å². The van der Waals surface area contributed by atoms with Crippen molar-refractivity contribution in [3.05, 3.63) is 16.6 Å². The van der Waals surface area contributed by atoms with Crippen molar-refractivity contribution in [1.29, 1.82) is 0 Å². The van der Waals surface area contributed by atoms with Gasteiger partial charge in [0.1, 0.15) is 12.0 Å². The molecule has 0 bridgehead atoms. The van der Waals surface area contributed by atoms with Crippen molar-refractivity contribution in [2.45, 2.75) is 19.3 Å². The van der Waals surface area contributed by atoms with Gasteiger partial charge in [0, 0.05) is 13.1 Å². The topological polar surface area (TPSA) is 29.0 Å². The van der Waals surface area contributed by atoms with E-state index in [1.54, 1.807) is 0 Å². The summed E-state index contributed by atoms with van der Waals surface area (Å²) in [5, 5.41) is 0.902. The second-order valence-corrected chi connectivity index (χ2v) is 4.07. The van der Waals surface area contributed by atoms with Crippen molar-refractivity contribution in [3.8, 4) is 0 Å². The smallest absolute Gasteiger partial charge is 0.157 e. The van der Waals surface area contributed by atoms with Crippen LogP contribution in [0.1, 0.15) is 19.3 Å². The van der Waals surface area contributed by atoms with Crippen LogP contribution in [0.2, 0.25) is 10.3 Å². The zero-order valence-corrected chi connectivity index (χ0v) is 9.22. The molecule has 1 saturated heterocycles. The molecule has 1 fully saturated rings. The Bertz CT molecular complexity index is 304. The molecule has 3 nitrogen and oxygen atoms in total. The van der Waals surface area contributed by atoms with Gasteiger partial charge in [0.25, 0.3) is 0 Å². The number of halogens is 2. The molecule has 0 amide bonds. The summed E-state index contributed by atoms with van der Waals surface area (Å²) in [4.78, 5) is 10.0. The summed E-state index contributed by atoms with van der Waals surface area (Å²) in [6, 6.07) is 0. The van der Waals surface area contributed by atoms with Crippen LogP contribution >= 0.6 is 23.2 Å². The molecule has 0 unspecified atom stereocenters. The minimum absolute atomic E-state index is 0.451. The normalized spacial score (nSPS) is 17.1. The molecule has 76 valence electrons. The number of rotatable bonds is 1. The fourth-order valence-corrected chi connectivity index (χ4v) is 2.27. The van der Waals surface area contributed by atoms with Crippen molar-refractivity contribution < 1.29 is 0 Å². The highest BCUT2D eigenvalue weighted by molar-refractivity contribution is 6.37. The Balaban J connectivity index is 2.29. The summed E-state index contributed by atoms with van der Waals surface area (Å²) in [5.74, 6) is 0. The predicted octanol–water partition coefficient (Wildman–Crippen LogP) is 2.77. The molecule has 0 atom stereocenters. The van der Waals surface area contributed by atoms with Gasteiger partial charge in [-0.2, -0.15) is 0 Å². The average Bonchev–Trinajstić information content (AvgIpc) is 2.19. The van der Waals surface area contributed by atoms with Crippen LogP contribution in [0.5, 0.6) is 0 Å². The first kappa shape index (κ1) is 9.99. The Morgan fingerprint density at radius 3 is 2.14 bits per heavy atom. The third kappa shape index (κ3) is 1.93. The van der Waals surface area contributed by atoms with Gasteiger partial charge in [0.2, 0.25) is 0 Å². The molecule has 1 aromatic heterocycles.